The maximum Gasteiger partial charge on any atom is 0.325 e. The van der Waals surface area contributed by atoms with E-state index in [2.05, 4.69) is 4.52 Å². The third kappa shape index (κ3) is 2.78. The monoisotopic (exact) mass is 224 g/mol. The molecule has 1 saturated heterocycles. The molecule has 8 heteroatoms. The molecule has 2 unspecified atom stereocenters. The van der Waals surface area contributed by atoms with Crippen molar-refractivity contribution in [2.45, 2.75) is 24.4 Å². The maximum atomic E-state index is 13.2. The molecule has 1 aliphatic rings. The molecule has 0 amide bonds. The van der Waals surface area contributed by atoms with Gasteiger partial charge in [0.15, 0.2) is 0 Å². The highest BCUT2D eigenvalue weighted by Crippen LogP contribution is 2.42. The largest absolute Gasteiger partial charge is 0.394 e. The molecule has 0 spiro atoms. The average molecular weight is 224 g/mol. The van der Waals surface area contributed by atoms with E-state index in [4.69, 9.17) is 22.6 Å². The van der Waals surface area contributed by atoms with E-state index in [0.717, 1.165) is 6.66 Å². The highest BCUT2D eigenvalue weighted by molar-refractivity contribution is 7.51. The standard InChI is InChI=1S/C6H11BFO5P/c1-14(10,11)13-5-3(2-9)12-6(7)4(5)8/h3-6,9H,2H2,1H3,(H,10,11)/t3-,4?,5+,6-/m1/s1. The van der Waals surface area contributed by atoms with Crippen LogP contribution in [0.5, 0.6) is 0 Å². The Balaban J connectivity index is 2.69. The lowest BCUT2D eigenvalue weighted by atomic mass is 9.94. The molecule has 1 fully saturated rings. The number of aliphatic hydroxyl groups is 1. The fourth-order valence-corrected chi connectivity index (χ4v) is 1.95. The van der Waals surface area contributed by atoms with Gasteiger partial charge in [-0.1, -0.05) is 0 Å². The first-order valence-corrected chi connectivity index (χ1v) is 6.02. The van der Waals surface area contributed by atoms with Crippen molar-refractivity contribution in [3.8, 4) is 0 Å². The van der Waals surface area contributed by atoms with Crippen LogP contribution in [0.2, 0.25) is 0 Å². The summed E-state index contributed by atoms with van der Waals surface area (Å²) in [6.45, 7) is 0.413. The van der Waals surface area contributed by atoms with Gasteiger partial charge in [-0.25, -0.2) is 4.39 Å². The van der Waals surface area contributed by atoms with Crippen LogP contribution >= 0.6 is 7.60 Å². The Bertz CT molecular complexity index is 246. The first-order valence-electron chi connectivity index (χ1n) is 4.00. The van der Waals surface area contributed by atoms with E-state index in [0.29, 0.717) is 0 Å². The van der Waals surface area contributed by atoms with Crippen molar-refractivity contribution < 1.29 is 28.2 Å². The number of aliphatic hydroxyl groups excluding tert-OH is 1. The van der Waals surface area contributed by atoms with Gasteiger partial charge in [-0.3, -0.25) is 9.09 Å². The summed E-state index contributed by atoms with van der Waals surface area (Å²) in [7, 11) is 1.38. The minimum absolute atomic E-state index is 0.515. The molecule has 5 atom stereocenters. The van der Waals surface area contributed by atoms with Crippen LogP contribution in [0, 0.1) is 0 Å². The summed E-state index contributed by atoms with van der Waals surface area (Å²) in [6.07, 6.45) is -4.01. The van der Waals surface area contributed by atoms with Gasteiger partial charge < -0.3 is 14.7 Å². The van der Waals surface area contributed by atoms with Crippen LogP contribution in [0.1, 0.15) is 0 Å². The van der Waals surface area contributed by atoms with Gasteiger partial charge in [0.25, 0.3) is 0 Å². The second-order valence-electron chi connectivity index (χ2n) is 3.14. The molecule has 2 N–H and O–H groups in total. The van der Waals surface area contributed by atoms with Gasteiger partial charge in [-0.2, -0.15) is 0 Å². The van der Waals surface area contributed by atoms with Crippen LogP contribution in [0.3, 0.4) is 0 Å². The first-order chi connectivity index (χ1) is 6.35. The van der Waals surface area contributed by atoms with Gasteiger partial charge in [0.2, 0.25) is 0 Å². The Morgan fingerprint density at radius 3 is 2.71 bits per heavy atom. The van der Waals surface area contributed by atoms with Crippen molar-refractivity contribution in [3.05, 3.63) is 0 Å². The lowest BCUT2D eigenvalue weighted by Crippen LogP contribution is -2.33. The predicted octanol–water partition coefficient (Wildman–Crippen LogP) is -0.589. The highest BCUT2D eigenvalue weighted by atomic mass is 31.2. The minimum atomic E-state index is -3.82. The van der Waals surface area contributed by atoms with E-state index in [9.17, 15) is 8.96 Å². The van der Waals surface area contributed by atoms with Crippen molar-refractivity contribution in [3.63, 3.8) is 0 Å². The molecule has 1 rings (SSSR count). The molecule has 0 aliphatic carbocycles. The third-order valence-electron chi connectivity index (χ3n) is 1.82. The summed E-state index contributed by atoms with van der Waals surface area (Å²) in [5.74, 6) is 0. The van der Waals surface area contributed by atoms with Crippen LogP contribution in [-0.4, -0.2) is 55.5 Å². The van der Waals surface area contributed by atoms with Gasteiger partial charge in [0, 0.05) is 6.66 Å². The van der Waals surface area contributed by atoms with Crippen molar-refractivity contribution >= 4 is 15.4 Å². The van der Waals surface area contributed by atoms with Crippen molar-refractivity contribution in [1.29, 1.82) is 0 Å². The average Bonchev–Trinajstić information content (AvgIpc) is 2.30. The smallest absolute Gasteiger partial charge is 0.325 e. The molecule has 0 aromatic heterocycles. The summed E-state index contributed by atoms with van der Waals surface area (Å²) in [4.78, 5) is 8.88. The molecule has 5 nitrogen and oxygen atoms in total. The zero-order chi connectivity index (χ0) is 10.9. The van der Waals surface area contributed by atoms with Gasteiger partial charge in [-0.05, 0) is 0 Å². The maximum absolute atomic E-state index is 13.2. The Labute approximate surface area is 82.2 Å². The molecular formula is C6H11BFO5P. The quantitative estimate of drug-likeness (QED) is 0.495. The van der Waals surface area contributed by atoms with E-state index in [1.54, 1.807) is 0 Å². The number of halogens is 1. The molecule has 0 bridgehead atoms. The van der Waals surface area contributed by atoms with Crippen LogP contribution in [0.15, 0.2) is 0 Å². The van der Waals surface area contributed by atoms with E-state index >= 15 is 0 Å². The van der Waals surface area contributed by atoms with E-state index in [-0.39, 0.29) is 0 Å². The number of ether oxygens (including phenoxy) is 1. The molecule has 0 aromatic carbocycles. The van der Waals surface area contributed by atoms with Crippen molar-refractivity contribution in [2.24, 2.45) is 0 Å². The van der Waals surface area contributed by atoms with E-state index < -0.39 is 38.6 Å². The second kappa shape index (κ2) is 4.29. The molecule has 1 aliphatic heterocycles. The molecular weight excluding hydrogens is 213 g/mol. The summed E-state index contributed by atoms with van der Waals surface area (Å²) in [6, 6.07) is -1.23. The van der Waals surface area contributed by atoms with Crippen LogP contribution in [0.25, 0.3) is 0 Å². The third-order valence-corrected chi connectivity index (χ3v) is 2.46. The number of rotatable bonds is 3. The van der Waals surface area contributed by atoms with Crippen LogP contribution < -0.4 is 0 Å². The normalized spacial score (nSPS) is 42.3. The number of hydrogen-bond donors (Lipinski definition) is 2. The Morgan fingerprint density at radius 2 is 2.29 bits per heavy atom. The molecule has 14 heavy (non-hydrogen) atoms. The first kappa shape index (κ1) is 12.1. The summed E-state index contributed by atoms with van der Waals surface area (Å²) < 4.78 is 33.4. The minimum Gasteiger partial charge on any atom is -0.394 e. The zero-order valence-electron chi connectivity index (χ0n) is 7.54. The molecule has 0 aromatic rings. The van der Waals surface area contributed by atoms with Crippen molar-refractivity contribution in [1.82, 2.24) is 0 Å². The topological polar surface area (TPSA) is 76.0 Å². The van der Waals surface area contributed by atoms with Gasteiger partial charge >= 0.3 is 7.60 Å². The Morgan fingerprint density at radius 1 is 1.71 bits per heavy atom. The second-order valence-corrected chi connectivity index (χ2v) is 4.96. The number of hydrogen-bond acceptors (Lipinski definition) is 4. The highest BCUT2D eigenvalue weighted by Gasteiger charge is 2.45. The summed E-state index contributed by atoms with van der Waals surface area (Å²) in [5.41, 5.74) is 0. The fourth-order valence-electron chi connectivity index (χ4n) is 1.25. The molecule has 0 saturated carbocycles. The van der Waals surface area contributed by atoms with Gasteiger partial charge in [0.05, 0.1) is 12.6 Å². The lowest BCUT2D eigenvalue weighted by molar-refractivity contribution is 0.000581. The molecule has 1 heterocycles. The SMILES string of the molecule is [B][C@@H]1O[C@H](CO)[C@H](OP(C)(=O)O)C1F. The summed E-state index contributed by atoms with van der Waals surface area (Å²) >= 11 is 0. The van der Waals surface area contributed by atoms with Crippen LogP contribution in [-0.2, 0) is 13.8 Å². The zero-order valence-corrected chi connectivity index (χ0v) is 8.43. The Kier molecular flexibility index (Phi) is 3.72. The predicted molar refractivity (Wildman–Crippen MR) is 47.0 cm³/mol. The Hall–Kier alpha value is 0.0649. The van der Waals surface area contributed by atoms with Crippen LogP contribution in [0.4, 0.5) is 4.39 Å². The lowest BCUT2D eigenvalue weighted by Gasteiger charge is -2.19. The fraction of sp³-hybridized carbons (Fsp3) is 1.00. The molecule has 80 valence electrons. The van der Waals surface area contributed by atoms with Crippen molar-refractivity contribution in [2.75, 3.05) is 13.3 Å². The number of alkyl halides is 1. The molecule has 2 radical (unpaired) electrons. The van der Waals surface area contributed by atoms with Gasteiger partial charge in [0.1, 0.15) is 26.2 Å². The van der Waals surface area contributed by atoms with E-state index in [1.807, 2.05) is 0 Å². The van der Waals surface area contributed by atoms with Gasteiger partial charge in [-0.15, -0.1) is 0 Å². The summed E-state index contributed by atoms with van der Waals surface area (Å²) in [5, 5.41) is 8.77. The van der Waals surface area contributed by atoms with E-state index in [1.165, 1.54) is 0 Å².